The zero-order valence-corrected chi connectivity index (χ0v) is 12.2. The standard InChI is InChI=1S/C16H18BClO/c1-17(2)15-9-8-14(16(18)10-15)12-19-11-13-6-4-3-5-7-13/h3-10H,11-12H2,1-2H3. The number of halogens is 1. The van der Waals surface area contributed by atoms with Crippen LogP contribution in [0, 0.1) is 0 Å². The highest BCUT2D eigenvalue weighted by Crippen LogP contribution is 2.16. The van der Waals surface area contributed by atoms with Gasteiger partial charge < -0.3 is 4.74 Å². The Balaban J connectivity index is 1.93. The molecule has 0 radical (unpaired) electrons. The van der Waals surface area contributed by atoms with Crippen LogP contribution < -0.4 is 5.46 Å². The first-order valence-corrected chi connectivity index (χ1v) is 6.94. The average Bonchev–Trinajstić information content (AvgIpc) is 2.41. The first kappa shape index (κ1) is 14.2. The Labute approximate surface area is 120 Å². The first-order chi connectivity index (χ1) is 9.16. The Morgan fingerprint density at radius 1 is 1.00 bits per heavy atom. The average molecular weight is 273 g/mol. The molecule has 0 spiro atoms. The molecule has 1 nitrogen and oxygen atoms in total. The molecule has 0 saturated heterocycles. The van der Waals surface area contributed by atoms with Crippen molar-refractivity contribution in [3.8, 4) is 0 Å². The number of ether oxygens (including phenoxy) is 1. The molecule has 0 aliphatic heterocycles. The van der Waals surface area contributed by atoms with E-state index in [4.69, 9.17) is 16.3 Å². The van der Waals surface area contributed by atoms with Gasteiger partial charge in [0.1, 0.15) is 0 Å². The third-order valence-electron chi connectivity index (χ3n) is 3.11. The molecule has 0 amide bonds. The van der Waals surface area contributed by atoms with Crippen LogP contribution >= 0.6 is 11.6 Å². The van der Waals surface area contributed by atoms with Crippen LogP contribution in [0.25, 0.3) is 0 Å². The van der Waals surface area contributed by atoms with E-state index in [1.54, 1.807) is 0 Å². The molecular weight excluding hydrogens is 254 g/mol. The molecule has 0 heterocycles. The van der Waals surface area contributed by atoms with Gasteiger partial charge in [-0.1, -0.05) is 73.2 Å². The van der Waals surface area contributed by atoms with E-state index in [2.05, 4.69) is 37.9 Å². The van der Waals surface area contributed by atoms with Crippen molar-refractivity contribution >= 4 is 23.8 Å². The second-order valence-electron chi connectivity index (χ2n) is 4.98. The minimum atomic E-state index is 0.497. The van der Waals surface area contributed by atoms with Gasteiger partial charge in [0, 0.05) is 5.02 Å². The normalized spacial score (nSPS) is 10.5. The maximum atomic E-state index is 6.28. The second kappa shape index (κ2) is 6.79. The maximum absolute atomic E-state index is 6.28. The number of hydrogen-bond acceptors (Lipinski definition) is 1. The van der Waals surface area contributed by atoms with Gasteiger partial charge in [0.15, 0.2) is 6.71 Å². The van der Waals surface area contributed by atoms with Crippen molar-refractivity contribution in [3.63, 3.8) is 0 Å². The van der Waals surface area contributed by atoms with Gasteiger partial charge in [0.05, 0.1) is 13.2 Å². The Bertz CT molecular complexity index is 526. The highest BCUT2D eigenvalue weighted by atomic mass is 35.5. The lowest BCUT2D eigenvalue weighted by Gasteiger charge is -2.09. The summed E-state index contributed by atoms with van der Waals surface area (Å²) in [5, 5.41) is 0.791. The van der Waals surface area contributed by atoms with E-state index in [0.29, 0.717) is 19.9 Å². The molecule has 2 aromatic carbocycles. The molecule has 2 rings (SSSR count). The van der Waals surface area contributed by atoms with E-state index < -0.39 is 0 Å². The molecule has 0 aromatic heterocycles. The Hall–Kier alpha value is -1.25. The summed E-state index contributed by atoms with van der Waals surface area (Å²) in [6, 6.07) is 16.4. The second-order valence-corrected chi connectivity index (χ2v) is 5.39. The molecule has 0 unspecified atom stereocenters. The predicted octanol–water partition coefficient (Wildman–Crippen LogP) is 4.02. The van der Waals surface area contributed by atoms with Gasteiger partial charge in [-0.05, 0) is 17.2 Å². The molecule has 0 fully saturated rings. The largest absolute Gasteiger partial charge is 0.372 e. The molecule has 0 bridgehead atoms. The van der Waals surface area contributed by atoms with Crippen molar-refractivity contribution in [2.24, 2.45) is 0 Å². The van der Waals surface area contributed by atoms with Crippen LogP contribution in [0.1, 0.15) is 11.1 Å². The summed E-state index contributed by atoms with van der Waals surface area (Å²) in [5.74, 6) is 0. The molecule has 3 heteroatoms. The molecule has 0 saturated carbocycles. The van der Waals surface area contributed by atoms with Crippen LogP contribution in [0.15, 0.2) is 48.5 Å². The summed E-state index contributed by atoms with van der Waals surface area (Å²) in [6.45, 7) is 5.99. The molecule has 19 heavy (non-hydrogen) atoms. The summed E-state index contributed by atoms with van der Waals surface area (Å²) in [4.78, 5) is 0. The lowest BCUT2D eigenvalue weighted by Crippen LogP contribution is -2.22. The molecule has 98 valence electrons. The van der Waals surface area contributed by atoms with E-state index in [1.165, 1.54) is 11.0 Å². The van der Waals surface area contributed by atoms with Gasteiger partial charge in [-0.3, -0.25) is 0 Å². The third kappa shape index (κ3) is 4.12. The van der Waals surface area contributed by atoms with Crippen molar-refractivity contribution in [1.82, 2.24) is 0 Å². The molecule has 2 aromatic rings. The van der Waals surface area contributed by atoms with E-state index >= 15 is 0 Å². The van der Waals surface area contributed by atoms with E-state index in [0.717, 1.165) is 10.6 Å². The van der Waals surface area contributed by atoms with Gasteiger partial charge in [0.25, 0.3) is 0 Å². The zero-order chi connectivity index (χ0) is 13.7. The van der Waals surface area contributed by atoms with Crippen molar-refractivity contribution in [2.45, 2.75) is 26.9 Å². The van der Waals surface area contributed by atoms with Gasteiger partial charge in [-0.2, -0.15) is 0 Å². The highest BCUT2D eigenvalue weighted by molar-refractivity contribution is 6.70. The fraction of sp³-hybridized carbons (Fsp3) is 0.250. The summed E-state index contributed by atoms with van der Waals surface area (Å²) in [7, 11) is 0. The quantitative estimate of drug-likeness (QED) is 0.747. The Morgan fingerprint density at radius 3 is 2.37 bits per heavy atom. The van der Waals surface area contributed by atoms with Crippen LogP contribution in [0.5, 0.6) is 0 Å². The molecular formula is C16H18BClO. The summed E-state index contributed by atoms with van der Waals surface area (Å²) in [5.41, 5.74) is 3.48. The summed E-state index contributed by atoms with van der Waals surface area (Å²) in [6.07, 6.45) is 0. The smallest absolute Gasteiger partial charge is 0.169 e. The van der Waals surface area contributed by atoms with Gasteiger partial charge >= 0.3 is 0 Å². The van der Waals surface area contributed by atoms with Crippen LogP contribution in [-0.2, 0) is 18.0 Å². The van der Waals surface area contributed by atoms with Crippen LogP contribution in [-0.4, -0.2) is 6.71 Å². The Morgan fingerprint density at radius 2 is 1.74 bits per heavy atom. The zero-order valence-electron chi connectivity index (χ0n) is 11.4. The fourth-order valence-electron chi connectivity index (χ4n) is 1.89. The molecule has 0 atom stereocenters. The SMILES string of the molecule is CB(C)c1ccc(COCc2ccccc2)c(Cl)c1. The fourth-order valence-corrected chi connectivity index (χ4v) is 2.14. The number of benzene rings is 2. The summed E-state index contributed by atoms with van der Waals surface area (Å²) >= 11 is 6.28. The maximum Gasteiger partial charge on any atom is 0.169 e. The predicted molar refractivity (Wildman–Crippen MR) is 83.5 cm³/mol. The lowest BCUT2D eigenvalue weighted by atomic mass is 9.49. The minimum Gasteiger partial charge on any atom is -0.372 e. The first-order valence-electron chi connectivity index (χ1n) is 6.57. The highest BCUT2D eigenvalue weighted by Gasteiger charge is 2.06. The number of hydrogen-bond donors (Lipinski definition) is 0. The molecule has 0 N–H and O–H groups in total. The van der Waals surface area contributed by atoms with Gasteiger partial charge in [0.2, 0.25) is 0 Å². The van der Waals surface area contributed by atoms with Crippen LogP contribution in [0.4, 0.5) is 0 Å². The number of rotatable bonds is 5. The topological polar surface area (TPSA) is 9.23 Å². The van der Waals surface area contributed by atoms with E-state index in [1.807, 2.05) is 24.3 Å². The van der Waals surface area contributed by atoms with Crippen molar-refractivity contribution in [1.29, 1.82) is 0 Å². The Kier molecular flexibility index (Phi) is 5.06. The van der Waals surface area contributed by atoms with Crippen LogP contribution in [0.3, 0.4) is 0 Å². The van der Waals surface area contributed by atoms with Crippen LogP contribution in [0.2, 0.25) is 18.7 Å². The van der Waals surface area contributed by atoms with Crippen molar-refractivity contribution < 1.29 is 4.74 Å². The van der Waals surface area contributed by atoms with Gasteiger partial charge in [-0.25, -0.2) is 0 Å². The van der Waals surface area contributed by atoms with Crippen molar-refractivity contribution in [2.75, 3.05) is 0 Å². The third-order valence-corrected chi connectivity index (χ3v) is 3.46. The monoisotopic (exact) mass is 272 g/mol. The van der Waals surface area contributed by atoms with E-state index in [-0.39, 0.29) is 0 Å². The molecule has 0 aliphatic rings. The molecule has 0 aliphatic carbocycles. The van der Waals surface area contributed by atoms with E-state index in [9.17, 15) is 0 Å². The lowest BCUT2D eigenvalue weighted by molar-refractivity contribution is 0.107. The van der Waals surface area contributed by atoms with Gasteiger partial charge in [-0.15, -0.1) is 0 Å². The summed E-state index contributed by atoms with van der Waals surface area (Å²) < 4.78 is 5.70. The minimum absolute atomic E-state index is 0.497. The van der Waals surface area contributed by atoms with Crippen molar-refractivity contribution in [3.05, 3.63) is 64.7 Å².